The number of halogens is 1. The third kappa shape index (κ3) is 1.53. The third-order valence-corrected chi connectivity index (χ3v) is 2.23. The lowest BCUT2D eigenvalue weighted by Crippen LogP contribution is -1.98. The normalized spacial score (nSPS) is 10.5. The molecule has 0 fully saturated rings. The van der Waals surface area contributed by atoms with Gasteiger partial charge in [-0.2, -0.15) is 0 Å². The predicted octanol–water partition coefficient (Wildman–Crippen LogP) is 2.58. The number of hydrogen-bond donors (Lipinski definition) is 1. The Morgan fingerprint density at radius 3 is 2.93 bits per heavy atom. The van der Waals surface area contributed by atoms with Crippen LogP contribution in [-0.2, 0) is 4.74 Å². The van der Waals surface area contributed by atoms with Gasteiger partial charge in [0.1, 0.15) is 5.58 Å². The lowest BCUT2D eigenvalue weighted by molar-refractivity contribution is 0.0563. The molecule has 0 saturated heterocycles. The van der Waals surface area contributed by atoms with Gasteiger partial charge in [-0.1, -0.05) is 11.6 Å². The zero-order chi connectivity index (χ0) is 11.0. The van der Waals surface area contributed by atoms with E-state index in [1.165, 1.54) is 13.2 Å². The van der Waals surface area contributed by atoms with Crippen LogP contribution in [0.2, 0.25) is 5.02 Å². The van der Waals surface area contributed by atoms with Gasteiger partial charge in [0.2, 0.25) is 0 Å². The molecule has 0 amide bonds. The van der Waals surface area contributed by atoms with Crippen LogP contribution < -0.4 is 0 Å². The van der Waals surface area contributed by atoms with Gasteiger partial charge in [-0.3, -0.25) is 0 Å². The van der Waals surface area contributed by atoms with E-state index in [2.05, 4.69) is 4.74 Å². The molecule has 0 atom stereocenters. The molecule has 0 aliphatic rings. The van der Waals surface area contributed by atoms with E-state index in [1.807, 2.05) is 0 Å². The second kappa shape index (κ2) is 3.47. The molecule has 0 aliphatic heterocycles. The number of aromatic hydroxyl groups is 1. The largest absolute Gasteiger partial charge is 0.504 e. The Labute approximate surface area is 90.0 Å². The zero-order valence-corrected chi connectivity index (χ0v) is 8.54. The number of esters is 1. The molecular weight excluding hydrogens is 220 g/mol. The van der Waals surface area contributed by atoms with Crippen molar-refractivity contribution in [3.05, 3.63) is 29.0 Å². The van der Waals surface area contributed by atoms with Crippen LogP contribution in [0.3, 0.4) is 0 Å². The van der Waals surface area contributed by atoms with E-state index in [4.69, 9.17) is 16.0 Å². The Morgan fingerprint density at radius 2 is 2.27 bits per heavy atom. The Balaban J connectivity index is 2.69. The number of furan rings is 1. The van der Waals surface area contributed by atoms with Gasteiger partial charge < -0.3 is 14.3 Å². The molecule has 0 saturated carbocycles. The molecule has 2 rings (SSSR count). The van der Waals surface area contributed by atoms with Crippen LogP contribution in [0.25, 0.3) is 11.0 Å². The van der Waals surface area contributed by atoms with Crippen LogP contribution in [0.15, 0.2) is 22.6 Å². The van der Waals surface area contributed by atoms with Gasteiger partial charge in [-0.25, -0.2) is 4.79 Å². The average Bonchev–Trinajstić information content (AvgIpc) is 2.54. The van der Waals surface area contributed by atoms with Crippen molar-refractivity contribution in [2.24, 2.45) is 0 Å². The molecule has 4 nitrogen and oxygen atoms in total. The minimum absolute atomic E-state index is 0.213. The fraction of sp³-hybridized carbons (Fsp3) is 0.100. The van der Waals surface area contributed by atoms with E-state index < -0.39 is 5.97 Å². The van der Waals surface area contributed by atoms with E-state index in [0.717, 1.165) is 0 Å². The molecule has 0 spiro atoms. The average molecular weight is 227 g/mol. The summed E-state index contributed by atoms with van der Waals surface area (Å²) in [7, 11) is 1.21. The molecule has 0 radical (unpaired) electrons. The predicted molar refractivity (Wildman–Crippen MR) is 54.2 cm³/mol. The molecule has 78 valence electrons. The number of rotatable bonds is 1. The number of hydrogen-bond acceptors (Lipinski definition) is 4. The molecular formula is C10H7ClO4. The number of fused-ring (bicyclic) bond motifs is 1. The van der Waals surface area contributed by atoms with Crippen LogP contribution in [-0.4, -0.2) is 18.2 Å². The van der Waals surface area contributed by atoms with Crippen LogP contribution in [0, 0.1) is 0 Å². The first-order valence-corrected chi connectivity index (χ1v) is 4.50. The second-order valence-electron chi connectivity index (χ2n) is 2.91. The first-order chi connectivity index (χ1) is 7.13. The first kappa shape index (κ1) is 9.86. The van der Waals surface area contributed by atoms with Gasteiger partial charge in [0.15, 0.2) is 5.75 Å². The number of benzene rings is 1. The number of carbonyl (C=O) groups is 1. The van der Waals surface area contributed by atoms with Crippen molar-refractivity contribution in [2.45, 2.75) is 0 Å². The van der Waals surface area contributed by atoms with Crippen molar-refractivity contribution in [2.75, 3.05) is 7.11 Å². The number of carbonyl (C=O) groups excluding carboxylic acids is 1. The highest BCUT2D eigenvalue weighted by Crippen LogP contribution is 2.33. The van der Waals surface area contributed by atoms with E-state index in [0.29, 0.717) is 16.0 Å². The van der Waals surface area contributed by atoms with E-state index in [-0.39, 0.29) is 11.5 Å². The smallest absolute Gasteiger partial charge is 0.377 e. The van der Waals surface area contributed by atoms with E-state index in [9.17, 15) is 9.90 Å². The minimum atomic E-state index is -0.722. The molecule has 0 unspecified atom stereocenters. The monoisotopic (exact) mass is 226 g/mol. The highest BCUT2D eigenvalue weighted by atomic mass is 35.5. The fourth-order valence-corrected chi connectivity index (χ4v) is 1.45. The molecule has 1 aromatic carbocycles. The van der Waals surface area contributed by atoms with Gasteiger partial charge in [0, 0.05) is 11.1 Å². The topological polar surface area (TPSA) is 59.7 Å². The maximum Gasteiger partial charge on any atom is 0.377 e. The van der Waals surface area contributed by atoms with Gasteiger partial charge in [-0.15, -0.1) is 0 Å². The zero-order valence-electron chi connectivity index (χ0n) is 7.78. The maximum atomic E-state index is 11.2. The van der Waals surface area contributed by atoms with Crippen molar-refractivity contribution in [3.8, 4) is 5.75 Å². The summed E-state index contributed by atoms with van der Waals surface area (Å²) in [6, 6.07) is 4.69. The molecule has 1 aromatic heterocycles. The molecule has 1 N–H and O–H groups in total. The Morgan fingerprint density at radius 1 is 1.53 bits per heavy atom. The summed E-state index contributed by atoms with van der Waals surface area (Å²) in [5, 5.41) is 10.5. The van der Waals surface area contributed by atoms with Crippen LogP contribution in [0.5, 0.6) is 5.75 Å². The van der Waals surface area contributed by atoms with Gasteiger partial charge >= 0.3 is 5.97 Å². The van der Waals surface area contributed by atoms with Crippen molar-refractivity contribution in [1.82, 2.24) is 0 Å². The summed E-state index contributed by atoms with van der Waals surface area (Å²) in [4.78, 5) is 11.2. The summed E-state index contributed by atoms with van der Waals surface area (Å²) in [5.74, 6) is -1.16. The first-order valence-electron chi connectivity index (χ1n) is 4.13. The highest BCUT2D eigenvalue weighted by Gasteiger charge is 2.20. The quantitative estimate of drug-likeness (QED) is 0.760. The number of methoxy groups -OCH3 is 1. The Kier molecular flexibility index (Phi) is 2.28. The van der Waals surface area contributed by atoms with Crippen molar-refractivity contribution in [3.63, 3.8) is 0 Å². The summed E-state index contributed by atoms with van der Waals surface area (Å²) in [6.45, 7) is 0. The van der Waals surface area contributed by atoms with Crippen molar-refractivity contribution in [1.29, 1.82) is 0 Å². The fourth-order valence-electron chi connectivity index (χ4n) is 1.29. The van der Waals surface area contributed by atoms with Gasteiger partial charge in [0.05, 0.1) is 12.5 Å². The van der Waals surface area contributed by atoms with Gasteiger partial charge in [0.25, 0.3) is 5.76 Å². The van der Waals surface area contributed by atoms with Crippen molar-refractivity contribution < 1.29 is 19.1 Å². The number of ether oxygens (including phenoxy) is 1. The third-order valence-electron chi connectivity index (χ3n) is 2.00. The lowest BCUT2D eigenvalue weighted by atomic mass is 10.2. The Hall–Kier alpha value is -1.68. The molecule has 0 aliphatic carbocycles. The van der Waals surface area contributed by atoms with Gasteiger partial charge in [-0.05, 0) is 12.1 Å². The maximum absolute atomic E-state index is 11.2. The highest BCUT2D eigenvalue weighted by molar-refractivity contribution is 6.31. The molecule has 5 heteroatoms. The second-order valence-corrected chi connectivity index (χ2v) is 3.35. The summed E-state index contributed by atoms with van der Waals surface area (Å²) < 4.78 is 9.57. The lowest BCUT2D eigenvalue weighted by Gasteiger charge is -1.93. The Bertz CT molecular complexity index is 529. The van der Waals surface area contributed by atoms with Crippen LogP contribution >= 0.6 is 11.6 Å². The van der Waals surface area contributed by atoms with E-state index >= 15 is 0 Å². The summed E-state index contributed by atoms with van der Waals surface area (Å²) in [6.07, 6.45) is 0. The van der Waals surface area contributed by atoms with E-state index in [1.54, 1.807) is 12.1 Å². The van der Waals surface area contributed by atoms with Crippen molar-refractivity contribution >= 4 is 28.5 Å². The standard InChI is InChI=1S/C10H7ClO4/c1-14-10(13)9-8(12)6-3-2-5(11)4-7(6)15-9/h2-4,12H,1H3. The molecule has 15 heavy (non-hydrogen) atoms. The molecule has 2 aromatic rings. The SMILES string of the molecule is COC(=O)c1oc2cc(Cl)ccc2c1O. The molecule has 0 bridgehead atoms. The molecule has 1 heterocycles. The van der Waals surface area contributed by atoms with Crippen LogP contribution in [0.4, 0.5) is 0 Å². The minimum Gasteiger partial charge on any atom is -0.504 e. The summed E-state index contributed by atoms with van der Waals surface area (Å²) in [5.41, 5.74) is 0.348. The van der Waals surface area contributed by atoms with Crippen LogP contribution in [0.1, 0.15) is 10.6 Å². The summed E-state index contributed by atoms with van der Waals surface area (Å²) >= 11 is 5.74.